The Morgan fingerprint density at radius 2 is 2.22 bits per heavy atom. The van der Waals surface area contributed by atoms with Gasteiger partial charge in [0.2, 0.25) is 0 Å². The molecule has 0 spiro atoms. The number of hydrogen-bond donors (Lipinski definition) is 1. The summed E-state index contributed by atoms with van der Waals surface area (Å²) in [7, 11) is 0. The molecule has 0 radical (unpaired) electrons. The van der Waals surface area contributed by atoms with E-state index < -0.39 is 0 Å². The van der Waals surface area contributed by atoms with Crippen LogP contribution in [0.1, 0.15) is 16.7 Å². The third kappa shape index (κ3) is 2.79. The molecule has 1 N–H and O–H groups in total. The van der Waals surface area contributed by atoms with Crippen LogP contribution in [0.4, 0.5) is 5.82 Å². The Hall–Kier alpha value is -2.05. The molecular weight excluding hydrogens is 246 g/mol. The second kappa shape index (κ2) is 5.52. The number of pyridine rings is 1. The van der Waals surface area contributed by atoms with Crippen molar-refractivity contribution in [2.24, 2.45) is 0 Å². The molecule has 0 fully saturated rings. The summed E-state index contributed by atoms with van der Waals surface area (Å²) in [6, 6.07) is 11.6. The molecule has 0 unspecified atom stereocenters. The van der Waals surface area contributed by atoms with Crippen molar-refractivity contribution in [3.8, 4) is 6.07 Å². The quantitative estimate of drug-likeness (QED) is 0.915. The van der Waals surface area contributed by atoms with Crippen LogP contribution in [0.5, 0.6) is 0 Å². The van der Waals surface area contributed by atoms with Gasteiger partial charge in [0.05, 0.1) is 5.56 Å². The summed E-state index contributed by atoms with van der Waals surface area (Å²) < 4.78 is 0. The van der Waals surface area contributed by atoms with Crippen molar-refractivity contribution in [1.82, 2.24) is 4.98 Å². The number of benzene rings is 1. The zero-order valence-electron chi connectivity index (χ0n) is 9.94. The Kier molecular flexibility index (Phi) is 3.81. The predicted octanol–water partition coefficient (Wildman–Crippen LogP) is 3.53. The maximum absolute atomic E-state index is 9.09. The van der Waals surface area contributed by atoms with Gasteiger partial charge in [-0.25, -0.2) is 4.98 Å². The van der Waals surface area contributed by atoms with Crippen LogP contribution in [0.25, 0.3) is 0 Å². The molecule has 0 saturated heterocycles. The van der Waals surface area contributed by atoms with Gasteiger partial charge in [0.15, 0.2) is 0 Å². The van der Waals surface area contributed by atoms with Gasteiger partial charge in [-0.1, -0.05) is 23.7 Å². The number of nitrogens with zero attached hydrogens (tertiary/aromatic N) is 2. The molecule has 0 saturated carbocycles. The molecular formula is C14H12ClN3. The summed E-state index contributed by atoms with van der Waals surface area (Å²) in [5.41, 5.74) is 2.55. The van der Waals surface area contributed by atoms with Crippen molar-refractivity contribution in [2.75, 3.05) is 5.32 Å². The minimum absolute atomic E-state index is 0.583. The van der Waals surface area contributed by atoms with E-state index in [1.807, 2.05) is 37.3 Å². The minimum Gasteiger partial charge on any atom is -0.365 e. The smallest absolute Gasteiger partial charge is 0.144 e. The molecule has 0 aliphatic carbocycles. The van der Waals surface area contributed by atoms with Crippen LogP contribution in [0.3, 0.4) is 0 Å². The lowest BCUT2D eigenvalue weighted by atomic mass is 10.1. The van der Waals surface area contributed by atoms with Crippen molar-refractivity contribution in [3.63, 3.8) is 0 Å². The molecule has 0 aliphatic heterocycles. The summed E-state index contributed by atoms with van der Waals surface area (Å²) in [6.07, 6.45) is 1.69. The zero-order chi connectivity index (χ0) is 13.0. The fourth-order valence-electron chi connectivity index (χ4n) is 1.67. The minimum atomic E-state index is 0.583. The lowest BCUT2D eigenvalue weighted by Gasteiger charge is -2.08. The molecule has 1 aromatic carbocycles. The number of nitriles is 1. The van der Waals surface area contributed by atoms with Crippen LogP contribution in [0.15, 0.2) is 36.5 Å². The predicted molar refractivity (Wildman–Crippen MR) is 72.5 cm³/mol. The lowest BCUT2D eigenvalue weighted by Crippen LogP contribution is -2.04. The van der Waals surface area contributed by atoms with E-state index in [1.165, 1.54) is 0 Å². The first-order chi connectivity index (χ1) is 8.70. The van der Waals surface area contributed by atoms with Gasteiger partial charge in [-0.3, -0.25) is 0 Å². The first kappa shape index (κ1) is 12.4. The number of anilines is 1. The molecule has 2 aromatic rings. The Balaban J connectivity index is 2.16. The van der Waals surface area contributed by atoms with Crippen LogP contribution in [0.2, 0.25) is 5.02 Å². The standard InChI is InChI=1S/C14H12ClN3/c1-10-5-6-17-14(13(10)8-16)18-9-11-3-2-4-12(15)7-11/h2-7H,9H2,1H3,(H,17,18). The second-order valence-electron chi connectivity index (χ2n) is 3.95. The molecule has 18 heavy (non-hydrogen) atoms. The monoisotopic (exact) mass is 257 g/mol. The van der Waals surface area contributed by atoms with Crippen molar-refractivity contribution in [2.45, 2.75) is 13.5 Å². The molecule has 0 aliphatic rings. The fraction of sp³-hybridized carbons (Fsp3) is 0.143. The molecule has 0 bridgehead atoms. The number of nitrogens with one attached hydrogen (secondary N) is 1. The summed E-state index contributed by atoms with van der Waals surface area (Å²) in [4.78, 5) is 4.18. The average molecular weight is 258 g/mol. The number of halogens is 1. The van der Waals surface area contributed by atoms with E-state index in [9.17, 15) is 0 Å². The van der Waals surface area contributed by atoms with Gasteiger partial charge >= 0.3 is 0 Å². The highest BCUT2D eigenvalue weighted by Crippen LogP contribution is 2.17. The molecule has 2 rings (SSSR count). The Morgan fingerprint density at radius 3 is 2.94 bits per heavy atom. The number of aryl methyl sites for hydroxylation is 1. The van der Waals surface area contributed by atoms with Crippen LogP contribution in [0, 0.1) is 18.3 Å². The number of hydrogen-bond acceptors (Lipinski definition) is 3. The molecule has 1 aromatic heterocycles. The first-order valence-electron chi connectivity index (χ1n) is 5.54. The van der Waals surface area contributed by atoms with Crippen LogP contribution >= 0.6 is 11.6 Å². The van der Waals surface area contributed by atoms with E-state index in [1.54, 1.807) is 6.20 Å². The van der Waals surface area contributed by atoms with Gasteiger partial charge in [0, 0.05) is 17.8 Å². The van der Waals surface area contributed by atoms with Gasteiger partial charge in [-0.15, -0.1) is 0 Å². The lowest BCUT2D eigenvalue weighted by molar-refractivity contribution is 1.10. The van der Waals surface area contributed by atoms with E-state index in [0.717, 1.165) is 11.1 Å². The Bertz CT molecular complexity index is 602. The zero-order valence-corrected chi connectivity index (χ0v) is 10.7. The molecule has 0 atom stereocenters. The Morgan fingerprint density at radius 1 is 1.39 bits per heavy atom. The highest BCUT2D eigenvalue weighted by molar-refractivity contribution is 6.30. The largest absolute Gasteiger partial charge is 0.365 e. The summed E-state index contributed by atoms with van der Waals surface area (Å²) in [5.74, 6) is 0.609. The van der Waals surface area contributed by atoms with Crippen molar-refractivity contribution in [3.05, 3.63) is 58.2 Å². The first-order valence-corrected chi connectivity index (χ1v) is 5.92. The van der Waals surface area contributed by atoms with Gasteiger partial charge in [0.1, 0.15) is 11.9 Å². The van der Waals surface area contributed by atoms with Gasteiger partial charge in [-0.2, -0.15) is 5.26 Å². The van der Waals surface area contributed by atoms with Crippen molar-refractivity contribution in [1.29, 1.82) is 5.26 Å². The number of aromatic nitrogens is 1. The third-order valence-corrected chi connectivity index (χ3v) is 2.86. The van der Waals surface area contributed by atoms with E-state index in [4.69, 9.17) is 16.9 Å². The topological polar surface area (TPSA) is 48.7 Å². The highest BCUT2D eigenvalue weighted by Gasteiger charge is 2.05. The van der Waals surface area contributed by atoms with E-state index in [-0.39, 0.29) is 0 Å². The third-order valence-electron chi connectivity index (χ3n) is 2.62. The normalized spacial score (nSPS) is 9.83. The summed E-state index contributed by atoms with van der Waals surface area (Å²) in [5, 5.41) is 12.9. The van der Waals surface area contributed by atoms with Crippen LogP contribution < -0.4 is 5.32 Å². The number of rotatable bonds is 3. The van der Waals surface area contributed by atoms with E-state index in [2.05, 4.69) is 16.4 Å². The maximum Gasteiger partial charge on any atom is 0.144 e. The van der Waals surface area contributed by atoms with E-state index >= 15 is 0 Å². The molecule has 3 nitrogen and oxygen atoms in total. The van der Waals surface area contributed by atoms with Crippen LogP contribution in [-0.2, 0) is 6.54 Å². The van der Waals surface area contributed by atoms with Gasteiger partial charge in [0.25, 0.3) is 0 Å². The highest BCUT2D eigenvalue weighted by atomic mass is 35.5. The van der Waals surface area contributed by atoms with Gasteiger partial charge < -0.3 is 5.32 Å². The van der Waals surface area contributed by atoms with Gasteiger partial charge in [-0.05, 0) is 36.2 Å². The molecule has 4 heteroatoms. The average Bonchev–Trinajstić information content (AvgIpc) is 2.36. The molecule has 1 heterocycles. The van der Waals surface area contributed by atoms with Crippen LogP contribution in [-0.4, -0.2) is 4.98 Å². The van der Waals surface area contributed by atoms with Crippen molar-refractivity contribution < 1.29 is 0 Å². The molecule has 0 amide bonds. The summed E-state index contributed by atoms with van der Waals surface area (Å²) in [6.45, 7) is 2.48. The SMILES string of the molecule is Cc1ccnc(NCc2cccc(Cl)c2)c1C#N. The second-order valence-corrected chi connectivity index (χ2v) is 4.38. The van der Waals surface area contributed by atoms with E-state index in [0.29, 0.717) is 22.9 Å². The van der Waals surface area contributed by atoms with Crippen molar-refractivity contribution >= 4 is 17.4 Å². The Labute approximate surface area is 111 Å². The maximum atomic E-state index is 9.09. The molecule has 90 valence electrons. The fourth-order valence-corrected chi connectivity index (χ4v) is 1.88. The summed E-state index contributed by atoms with van der Waals surface area (Å²) >= 11 is 5.91.